The van der Waals surface area contributed by atoms with Crippen molar-refractivity contribution >= 4 is 16.9 Å². The van der Waals surface area contributed by atoms with Gasteiger partial charge in [-0.05, 0) is 36.6 Å². The number of hydrogen-bond acceptors (Lipinski definition) is 1. The molecule has 4 heteroatoms. The van der Waals surface area contributed by atoms with Crippen molar-refractivity contribution in [1.29, 1.82) is 0 Å². The van der Waals surface area contributed by atoms with Crippen LogP contribution in [0.25, 0.3) is 10.9 Å². The van der Waals surface area contributed by atoms with Gasteiger partial charge in [0.25, 0.3) is 0 Å². The van der Waals surface area contributed by atoms with Gasteiger partial charge in [-0.15, -0.1) is 0 Å². The maximum atomic E-state index is 13.2. The number of carbonyl (C=O) groups is 1. The minimum absolute atomic E-state index is 0.145. The largest absolute Gasteiger partial charge is 0.481 e. The van der Waals surface area contributed by atoms with Crippen LogP contribution in [0.2, 0.25) is 0 Å². The van der Waals surface area contributed by atoms with E-state index in [0.717, 1.165) is 16.5 Å². The Kier molecular flexibility index (Phi) is 3.13. The van der Waals surface area contributed by atoms with E-state index in [2.05, 4.69) is 0 Å². The number of hydrogen-bond donors (Lipinski definition) is 1. The number of aliphatic carboxylic acids is 1. The van der Waals surface area contributed by atoms with E-state index in [0.29, 0.717) is 12.8 Å². The maximum Gasteiger partial charge on any atom is 0.303 e. The fourth-order valence-corrected chi connectivity index (χ4v) is 2.08. The molecule has 0 spiro atoms. The van der Waals surface area contributed by atoms with E-state index in [1.54, 1.807) is 6.07 Å². The lowest BCUT2D eigenvalue weighted by Crippen LogP contribution is -1.95. The molecular formula is C13H14FNO2. The number of carboxylic acid groups (broad SMARTS) is 1. The Morgan fingerprint density at radius 2 is 2.24 bits per heavy atom. The van der Waals surface area contributed by atoms with Crippen LogP contribution in [0.1, 0.15) is 18.4 Å². The molecule has 2 rings (SSSR count). The Hall–Kier alpha value is -1.84. The molecule has 0 saturated carbocycles. The van der Waals surface area contributed by atoms with Crippen molar-refractivity contribution in [3.63, 3.8) is 0 Å². The molecule has 0 aliphatic rings. The Labute approximate surface area is 98.5 Å². The van der Waals surface area contributed by atoms with Crippen LogP contribution in [0.15, 0.2) is 24.4 Å². The summed E-state index contributed by atoms with van der Waals surface area (Å²) in [6.07, 6.45) is 3.32. The molecule has 0 unspecified atom stereocenters. The third kappa shape index (κ3) is 2.46. The van der Waals surface area contributed by atoms with Gasteiger partial charge < -0.3 is 9.67 Å². The van der Waals surface area contributed by atoms with Crippen LogP contribution in [-0.2, 0) is 18.3 Å². The highest BCUT2D eigenvalue weighted by molar-refractivity contribution is 5.84. The summed E-state index contributed by atoms with van der Waals surface area (Å²) in [4.78, 5) is 10.4. The quantitative estimate of drug-likeness (QED) is 0.885. The van der Waals surface area contributed by atoms with E-state index in [1.165, 1.54) is 12.1 Å². The summed E-state index contributed by atoms with van der Waals surface area (Å²) >= 11 is 0. The molecule has 1 heterocycles. The minimum atomic E-state index is -0.795. The van der Waals surface area contributed by atoms with Gasteiger partial charge in [-0.3, -0.25) is 4.79 Å². The highest BCUT2D eigenvalue weighted by Crippen LogP contribution is 2.23. The molecule has 0 fully saturated rings. The van der Waals surface area contributed by atoms with Crippen molar-refractivity contribution in [2.45, 2.75) is 19.3 Å². The average molecular weight is 235 g/mol. The molecule has 1 aromatic carbocycles. The molecule has 1 aromatic heterocycles. The lowest BCUT2D eigenvalue weighted by atomic mass is 10.1. The van der Waals surface area contributed by atoms with E-state index in [1.807, 2.05) is 17.8 Å². The van der Waals surface area contributed by atoms with E-state index >= 15 is 0 Å². The van der Waals surface area contributed by atoms with Crippen molar-refractivity contribution in [3.05, 3.63) is 35.8 Å². The summed E-state index contributed by atoms with van der Waals surface area (Å²) in [5, 5.41) is 9.46. The fraction of sp³-hybridized carbons (Fsp3) is 0.308. The van der Waals surface area contributed by atoms with Crippen molar-refractivity contribution in [2.24, 2.45) is 7.05 Å². The predicted octanol–water partition coefficient (Wildman–Crippen LogP) is 2.72. The van der Waals surface area contributed by atoms with Gasteiger partial charge in [0.05, 0.1) is 0 Å². The molecule has 0 aliphatic carbocycles. The third-order valence-electron chi connectivity index (χ3n) is 2.87. The maximum absolute atomic E-state index is 13.2. The van der Waals surface area contributed by atoms with Crippen LogP contribution in [0.3, 0.4) is 0 Å². The summed E-state index contributed by atoms with van der Waals surface area (Å²) in [7, 11) is 1.90. The minimum Gasteiger partial charge on any atom is -0.481 e. The number of fused-ring (bicyclic) bond motifs is 1. The second-order valence-electron chi connectivity index (χ2n) is 4.17. The molecule has 0 saturated heterocycles. The molecule has 3 nitrogen and oxygen atoms in total. The number of halogens is 1. The van der Waals surface area contributed by atoms with Gasteiger partial charge in [0, 0.05) is 30.6 Å². The van der Waals surface area contributed by atoms with Crippen molar-refractivity contribution < 1.29 is 14.3 Å². The highest BCUT2D eigenvalue weighted by atomic mass is 19.1. The predicted molar refractivity (Wildman–Crippen MR) is 63.5 cm³/mol. The zero-order valence-corrected chi connectivity index (χ0v) is 9.61. The molecule has 17 heavy (non-hydrogen) atoms. The van der Waals surface area contributed by atoms with Gasteiger partial charge in [-0.1, -0.05) is 0 Å². The number of aromatic nitrogens is 1. The van der Waals surface area contributed by atoms with Crippen molar-refractivity contribution in [3.8, 4) is 0 Å². The summed E-state index contributed by atoms with van der Waals surface area (Å²) in [6, 6.07) is 4.68. The number of benzene rings is 1. The van der Waals surface area contributed by atoms with Crippen LogP contribution in [0.5, 0.6) is 0 Å². The Bertz CT molecular complexity index is 560. The fourth-order valence-electron chi connectivity index (χ4n) is 2.08. The van der Waals surface area contributed by atoms with Crippen LogP contribution in [0.4, 0.5) is 4.39 Å². The topological polar surface area (TPSA) is 42.2 Å². The Morgan fingerprint density at radius 3 is 2.94 bits per heavy atom. The number of rotatable bonds is 4. The Balaban J connectivity index is 2.27. The van der Waals surface area contributed by atoms with Crippen LogP contribution in [-0.4, -0.2) is 15.6 Å². The first-order chi connectivity index (χ1) is 8.08. The molecule has 0 radical (unpaired) electrons. The monoisotopic (exact) mass is 235 g/mol. The van der Waals surface area contributed by atoms with Gasteiger partial charge in [-0.2, -0.15) is 0 Å². The summed E-state index contributed by atoms with van der Waals surface area (Å²) in [5.41, 5.74) is 1.97. The van der Waals surface area contributed by atoms with Crippen LogP contribution >= 0.6 is 0 Å². The molecular weight excluding hydrogens is 221 g/mol. The second kappa shape index (κ2) is 4.57. The van der Waals surface area contributed by atoms with Gasteiger partial charge in [-0.25, -0.2) is 4.39 Å². The summed E-state index contributed by atoms with van der Waals surface area (Å²) < 4.78 is 15.1. The standard InChI is InChI=1S/C13H14FNO2/c1-15-8-9(3-2-4-13(16)17)11-7-10(14)5-6-12(11)15/h5-8H,2-4H2,1H3,(H,16,17). The van der Waals surface area contributed by atoms with Crippen molar-refractivity contribution in [2.75, 3.05) is 0 Å². The zero-order valence-electron chi connectivity index (χ0n) is 9.61. The normalized spacial score (nSPS) is 10.9. The molecule has 0 amide bonds. The third-order valence-corrected chi connectivity index (χ3v) is 2.87. The van der Waals surface area contributed by atoms with E-state index in [9.17, 15) is 9.18 Å². The van der Waals surface area contributed by atoms with E-state index in [-0.39, 0.29) is 12.2 Å². The molecule has 1 N–H and O–H groups in total. The molecule has 0 bridgehead atoms. The molecule has 0 atom stereocenters. The number of carboxylic acids is 1. The van der Waals surface area contributed by atoms with Crippen LogP contribution in [0, 0.1) is 5.82 Å². The van der Waals surface area contributed by atoms with Gasteiger partial charge in [0.15, 0.2) is 0 Å². The van der Waals surface area contributed by atoms with E-state index in [4.69, 9.17) is 5.11 Å². The second-order valence-corrected chi connectivity index (χ2v) is 4.17. The van der Waals surface area contributed by atoms with Crippen LogP contribution < -0.4 is 0 Å². The first-order valence-electron chi connectivity index (χ1n) is 5.53. The first kappa shape index (κ1) is 11.6. The SMILES string of the molecule is Cn1cc(CCCC(=O)O)c2cc(F)ccc21. The van der Waals surface area contributed by atoms with E-state index < -0.39 is 5.97 Å². The number of nitrogens with zero attached hydrogens (tertiary/aromatic N) is 1. The Morgan fingerprint density at radius 1 is 1.47 bits per heavy atom. The smallest absolute Gasteiger partial charge is 0.303 e. The lowest BCUT2D eigenvalue weighted by Gasteiger charge is -1.98. The van der Waals surface area contributed by atoms with Crippen molar-refractivity contribution in [1.82, 2.24) is 4.57 Å². The number of aryl methyl sites for hydroxylation is 2. The summed E-state index contributed by atoms with van der Waals surface area (Å²) in [6.45, 7) is 0. The van der Waals surface area contributed by atoms with Gasteiger partial charge in [0.2, 0.25) is 0 Å². The molecule has 2 aromatic rings. The van der Waals surface area contributed by atoms with Gasteiger partial charge >= 0.3 is 5.97 Å². The lowest BCUT2D eigenvalue weighted by molar-refractivity contribution is -0.137. The average Bonchev–Trinajstić information content (AvgIpc) is 2.55. The highest BCUT2D eigenvalue weighted by Gasteiger charge is 2.08. The molecule has 0 aliphatic heterocycles. The molecule has 90 valence electrons. The van der Waals surface area contributed by atoms with Gasteiger partial charge in [0.1, 0.15) is 5.82 Å². The zero-order chi connectivity index (χ0) is 12.4. The first-order valence-corrected chi connectivity index (χ1v) is 5.53. The summed E-state index contributed by atoms with van der Waals surface area (Å²) in [5.74, 6) is -1.06.